The SMILES string of the molecule is COc1cc(C)ccc1Oc1ccc(NC(=O)NCC(C)(O)C(=O)O)cc1F. The zero-order chi connectivity index (χ0) is 20.9. The lowest BCUT2D eigenvalue weighted by molar-refractivity contribution is -0.155. The molecule has 0 aromatic heterocycles. The molecule has 0 bridgehead atoms. The third kappa shape index (κ3) is 5.34. The van der Waals surface area contributed by atoms with Crippen LogP contribution in [0.5, 0.6) is 17.2 Å². The fraction of sp³-hybridized carbons (Fsp3) is 0.263. The van der Waals surface area contributed by atoms with Crippen molar-refractivity contribution in [2.75, 3.05) is 19.0 Å². The van der Waals surface area contributed by atoms with Crippen LogP contribution in [0.4, 0.5) is 14.9 Å². The van der Waals surface area contributed by atoms with Crippen molar-refractivity contribution in [3.05, 3.63) is 47.8 Å². The van der Waals surface area contributed by atoms with Crippen LogP contribution in [0.15, 0.2) is 36.4 Å². The number of carboxylic acids is 1. The maximum atomic E-state index is 14.3. The molecule has 0 saturated carbocycles. The van der Waals surface area contributed by atoms with Crippen LogP contribution in [0.2, 0.25) is 0 Å². The van der Waals surface area contributed by atoms with E-state index in [4.69, 9.17) is 14.6 Å². The molecule has 0 heterocycles. The Kier molecular flexibility index (Phi) is 6.42. The van der Waals surface area contributed by atoms with Gasteiger partial charge in [0.15, 0.2) is 28.7 Å². The topological polar surface area (TPSA) is 117 Å². The average Bonchev–Trinajstić information content (AvgIpc) is 2.63. The highest BCUT2D eigenvalue weighted by atomic mass is 19.1. The van der Waals surface area contributed by atoms with Gasteiger partial charge in [0.25, 0.3) is 0 Å². The Balaban J connectivity index is 2.04. The molecule has 8 nitrogen and oxygen atoms in total. The number of rotatable bonds is 7. The molecule has 0 radical (unpaired) electrons. The number of amides is 2. The molecule has 0 aliphatic heterocycles. The highest BCUT2D eigenvalue weighted by Crippen LogP contribution is 2.34. The first-order valence-corrected chi connectivity index (χ1v) is 8.25. The molecule has 28 heavy (non-hydrogen) atoms. The van der Waals surface area contributed by atoms with E-state index in [0.29, 0.717) is 11.5 Å². The van der Waals surface area contributed by atoms with Crippen LogP contribution in [-0.4, -0.2) is 41.5 Å². The standard InChI is InChI=1S/C19H21FN2O6/c1-11-4-6-15(16(8-11)27-3)28-14-7-5-12(9-13(14)20)22-18(25)21-10-19(2,26)17(23)24/h4-9,26H,10H2,1-3H3,(H,23,24)(H2,21,22,25). The molecule has 0 aliphatic rings. The fourth-order valence-electron chi connectivity index (χ4n) is 2.14. The Morgan fingerprint density at radius 1 is 1.14 bits per heavy atom. The van der Waals surface area contributed by atoms with Crippen LogP contribution in [0.25, 0.3) is 0 Å². The summed E-state index contributed by atoms with van der Waals surface area (Å²) in [6.07, 6.45) is 0. The number of halogens is 1. The van der Waals surface area contributed by atoms with Crippen LogP contribution in [0.3, 0.4) is 0 Å². The first-order valence-electron chi connectivity index (χ1n) is 8.25. The minimum Gasteiger partial charge on any atom is -0.493 e. The normalized spacial score (nSPS) is 12.6. The largest absolute Gasteiger partial charge is 0.493 e. The van der Waals surface area contributed by atoms with Gasteiger partial charge in [0, 0.05) is 11.8 Å². The number of aryl methyl sites for hydroxylation is 1. The number of methoxy groups -OCH3 is 1. The van der Waals surface area contributed by atoms with Crippen LogP contribution in [-0.2, 0) is 4.79 Å². The van der Waals surface area contributed by atoms with Crippen LogP contribution in [0.1, 0.15) is 12.5 Å². The number of aliphatic carboxylic acids is 1. The molecular formula is C19H21FN2O6. The Bertz CT molecular complexity index is 885. The molecule has 0 spiro atoms. The van der Waals surface area contributed by atoms with Gasteiger partial charge < -0.3 is 30.3 Å². The predicted octanol–water partition coefficient (Wildman–Crippen LogP) is 2.89. The van der Waals surface area contributed by atoms with E-state index in [2.05, 4.69) is 10.6 Å². The maximum absolute atomic E-state index is 14.3. The van der Waals surface area contributed by atoms with Gasteiger partial charge in [-0.2, -0.15) is 0 Å². The highest BCUT2D eigenvalue weighted by Gasteiger charge is 2.30. The molecule has 0 fully saturated rings. The summed E-state index contributed by atoms with van der Waals surface area (Å²) in [5, 5.41) is 22.9. The lowest BCUT2D eigenvalue weighted by Gasteiger charge is -2.18. The van der Waals surface area contributed by atoms with Gasteiger partial charge in [0.2, 0.25) is 0 Å². The van der Waals surface area contributed by atoms with E-state index in [-0.39, 0.29) is 11.4 Å². The summed E-state index contributed by atoms with van der Waals surface area (Å²) in [6, 6.07) is 8.19. The number of urea groups is 1. The highest BCUT2D eigenvalue weighted by molar-refractivity contribution is 5.90. The number of ether oxygens (including phenoxy) is 2. The van der Waals surface area contributed by atoms with Crippen molar-refractivity contribution in [3.63, 3.8) is 0 Å². The summed E-state index contributed by atoms with van der Waals surface area (Å²) in [6.45, 7) is 2.40. The van der Waals surface area contributed by atoms with Gasteiger partial charge in [0.1, 0.15) is 0 Å². The predicted molar refractivity (Wildman–Crippen MR) is 99.5 cm³/mol. The summed E-state index contributed by atoms with van der Waals surface area (Å²) in [5.74, 6) is -1.49. The Morgan fingerprint density at radius 2 is 1.82 bits per heavy atom. The molecule has 1 unspecified atom stereocenters. The first kappa shape index (κ1) is 21.0. The summed E-state index contributed by atoms with van der Waals surface area (Å²) in [4.78, 5) is 22.6. The van der Waals surface area contributed by atoms with Gasteiger partial charge in [0.05, 0.1) is 13.7 Å². The quantitative estimate of drug-likeness (QED) is 0.576. The molecule has 4 N–H and O–H groups in total. The second-order valence-corrected chi connectivity index (χ2v) is 6.29. The average molecular weight is 392 g/mol. The van der Waals surface area contributed by atoms with Crippen molar-refractivity contribution >= 4 is 17.7 Å². The zero-order valence-corrected chi connectivity index (χ0v) is 15.6. The van der Waals surface area contributed by atoms with Crippen molar-refractivity contribution in [1.29, 1.82) is 0 Å². The third-order valence-electron chi connectivity index (χ3n) is 3.78. The number of carboxylic acid groups (broad SMARTS) is 1. The number of hydrogen-bond acceptors (Lipinski definition) is 5. The molecule has 2 amide bonds. The number of carbonyl (C=O) groups excluding carboxylic acids is 1. The Morgan fingerprint density at radius 3 is 2.43 bits per heavy atom. The molecule has 1 atom stereocenters. The zero-order valence-electron chi connectivity index (χ0n) is 15.6. The van der Waals surface area contributed by atoms with Crippen molar-refractivity contribution in [2.45, 2.75) is 19.4 Å². The summed E-state index contributed by atoms with van der Waals surface area (Å²) < 4.78 is 25.1. The Hall–Kier alpha value is -3.33. The lowest BCUT2D eigenvalue weighted by atomic mass is 10.1. The van der Waals surface area contributed by atoms with E-state index in [9.17, 15) is 19.1 Å². The molecular weight excluding hydrogens is 371 g/mol. The number of hydrogen-bond donors (Lipinski definition) is 4. The van der Waals surface area contributed by atoms with Crippen LogP contribution >= 0.6 is 0 Å². The van der Waals surface area contributed by atoms with E-state index >= 15 is 0 Å². The van der Waals surface area contributed by atoms with Gasteiger partial charge in [-0.15, -0.1) is 0 Å². The van der Waals surface area contributed by atoms with Crippen LogP contribution in [0, 0.1) is 12.7 Å². The molecule has 2 aromatic rings. The first-order chi connectivity index (χ1) is 13.1. The molecule has 0 aliphatic carbocycles. The van der Waals surface area contributed by atoms with Crippen molar-refractivity contribution in [1.82, 2.24) is 5.32 Å². The molecule has 150 valence electrons. The van der Waals surface area contributed by atoms with Gasteiger partial charge in [-0.1, -0.05) is 6.07 Å². The minimum absolute atomic E-state index is 0.0677. The number of aliphatic hydroxyl groups is 1. The van der Waals surface area contributed by atoms with Gasteiger partial charge in [-0.25, -0.2) is 14.0 Å². The number of nitrogens with one attached hydrogen (secondary N) is 2. The second kappa shape index (κ2) is 8.57. The van der Waals surface area contributed by atoms with Crippen LogP contribution < -0.4 is 20.1 Å². The molecule has 0 saturated heterocycles. The molecule has 9 heteroatoms. The smallest absolute Gasteiger partial charge is 0.337 e. The summed E-state index contributed by atoms with van der Waals surface area (Å²) in [7, 11) is 1.48. The lowest BCUT2D eigenvalue weighted by Crippen LogP contribution is -2.47. The van der Waals surface area contributed by atoms with Crippen molar-refractivity contribution in [2.24, 2.45) is 0 Å². The van der Waals surface area contributed by atoms with E-state index in [0.717, 1.165) is 18.6 Å². The number of carbonyl (C=O) groups is 2. The summed E-state index contributed by atoms with van der Waals surface area (Å²) in [5.41, 5.74) is -1.04. The Labute approximate surface area is 160 Å². The monoisotopic (exact) mass is 392 g/mol. The van der Waals surface area contributed by atoms with Gasteiger partial charge in [-0.05, 0) is 43.7 Å². The molecule has 2 rings (SSSR count). The van der Waals surface area contributed by atoms with E-state index in [1.165, 1.54) is 19.2 Å². The van der Waals surface area contributed by atoms with Gasteiger partial charge >= 0.3 is 12.0 Å². The van der Waals surface area contributed by atoms with E-state index in [1.807, 2.05) is 6.92 Å². The summed E-state index contributed by atoms with van der Waals surface area (Å²) >= 11 is 0. The molecule has 2 aromatic carbocycles. The fourth-order valence-corrected chi connectivity index (χ4v) is 2.14. The minimum atomic E-state index is -2.12. The van der Waals surface area contributed by atoms with E-state index < -0.39 is 30.0 Å². The van der Waals surface area contributed by atoms with Gasteiger partial charge in [-0.3, -0.25) is 0 Å². The van der Waals surface area contributed by atoms with Crippen molar-refractivity contribution < 1.29 is 33.7 Å². The number of anilines is 1. The third-order valence-corrected chi connectivity index (χ3v) is 3.78. The number of benzene rings is 2. The second-order valence-electron chi connectivity index (χ2n) is 6.29. The van der Waals surface area contributed by atoms with E-state index in [1.54, 1.807) is 18.2 Å². The maximum Gasteiger partial charge on any atom is 0.337 e. The van der Waals surface area contributed by atoms with Crippen molar-refractivity contribution in [3.8, 4) is 17.2 Å².